The smallest absolute Gasteiger partial charge is 0.239 e. The number of ether oxygens (including phenoxy) is 1. The third-order valence-electron chi connectivity index (χ3n) is 3.87. The molecule has 0 fully saturated rings. The summed E-state index contributed by atoms with van der Waals surface area (Å²) in [5, 5.41) is 2.97. The maximum atomic E-state index is 12.2. The number of hydrogen-bond acceptors (Lipinski definition) is 4. The van der Waals surface area contributed by atoms with Crippen molar-refractivity contribution in [3.05, 3.63) is 23.8 Å². The van der Waals surface area contributed by atoms with E-state index in [1.165, 1.54) is 6.92 Å². The van der Waals surface area contributed by atoms with E-state index >= 15 is 0 Å². The number of rotatable bonds is 5. The Bertz CT molecular complexity index is 571. The predicted molar refractivity (Wildman–Crippen MR) is 86.6 cm³/mol. The molecule has 1 aliphatic rings. The number of anilines is 1. The summed E-state index contributed by atoms with van der Waals surface area (Å²) < 4.78 is 5.80. The summed E-state index contributed by atoms with van der Waals surface area (Å²) in [4.78, 5) is 25.7. The second-order valence-corrected chi connectivity index (χ2v) is 5.92. The van der Waals surface area contributed by atoms with Crippen molar-refractivity contribution < 1.29 is 14.3 Å². The van der Waals surface area contributed by atoms with E-state index in [-0.39, 0.29) is 30.4 Å². The average molecular weight is 304 g/mol. The van der Waals surface area contributed by atoms with Gasteiger partial charge in [0.25, 0.3) is 0 Å². The second-order valence-electron chi connectivity index (χ2n) is 5.92. The summed E-state index contributed by atoms with van der Waals surface area (Å²) in [7, 11) is 0. The molecule has 1 aliphatic heterocycles. The van der Waals surface area contributed by atoms with Gasteiger partial charge in [0.1, 0.15) is 11.9 Å². The molecule has 5 heteroatoms. The molecule has 0 saturated heterocycles. The van der Waals surface area contributed by atoms with E-state index in [0.29, 0.717) is 12.1 Å². The summed E-state index contributed by atoms with van der Waals surface area (Å²) in [5.41, 5.74) is 1.44. The van der Waals surface area contributed by atoms with Crippen molar-refractivity contribution in [2.24, 2.45) is 0 Å². The summed E-state index contributed by atoms with van der Waals surface area (Å²) in [6.07, 6.45) is 0.906. The maximum Gasteiger partial charge on any atom is 0.239 e. The van der Waals surface area contributed by atoms with Gasteiger partial charge in [-0.15, -0.1) is 0 Å². The quantitative estimate of drug-likeness (QED) is 0.849. The molecule has 1 aromatic carbocycles. The van der Waals surface area contributed by atoms with E-state index in [4.69, 9.17) is 4.74 Å². The van der Waals surface area contributed by atoms with E-state index < -0.39 is 0 Å². The average Bonchev–Trinajstić information content (AvgIpc) is 2.46. The zero-order valence-corrected chi connectivity index (χ0v) is 13.7. The van der Waals surface area contributed by atoms with Gasteiger partial charge >= 0.3 is 0 Å². The topological polar surface area (TPSA) is 58.6 Å². The van der Waals surface area contributed by atoms with Gasteiger partial charge in [-0.25, -0.2) is 0 Å². The minimum absolute atomic E-state index is 0.00503. The first-order valence-electron chi connectivity index (χ1n) is 7.76. The van der Waals surface area contributed by atoms with Crippen LogP contribution < -0.4 is 15.0 Å². The third kappa shape index (κ3) is 3.78. The van der Waals surface area contributed by atoms with Crippen molar-refractivity contribution in [1.29, 1.82) is 0 Å². The van der Waals surface area contributed by atoms with Crippen LogP contribution in [-0.4, -0.2) is 36.9 Å². The van der Waals surface area contributed by atoms with E-state index in [1.54, 1.807) is 18.2 Å². The number of Topliss-reactive ketones (excluding diaryl/α,β-unsaturated/α-hetero) is 1. The lowest BCUT2D eigenvalue weighted by Gasteiger charge is -2.35. The van der Waals surface area contributed by atoms with E-state index in [1.807, 2.05) is 25.7 Å². The Morgan fingerprint density at radius 3 is 2.82 bits per heavy atom. The molecule has 0 aromatic heterocycles. The Balaban J connectivity index is 2.20. The molecule has 2 atom stereocenters. The molecular formula is C17H24N2O3. The van der Waals surface area contributed by atoms with Gasteiger partial charge in [0.05, 0.1) is 18.8 Å². The number of benzene rings is 1. The number of nitrogens with one attached hydrogen (secondary N) is 1. The Morgan fingerprint density at radius 2 is 2.18 bits per heavy atom. The molecule has 1 amide bonds. The number of nitrogens with zero attached hydrogens (tertiary/aromatic N) is 1. The molecule has 2 rings (SSSR count). The molecule has 0 saturated carbocycles. The van der Waals surface area contributed by atoms with Crippen molar-refractivity contribution >= 4 is 17.4 Å². The van der Waals surface area contributed by atoms with Gasteiger partial charge in [0.15, 0.2) is 5.78 Å². The lowest BCUT2D eigenvalue weighted by molar-refractivity contribution is -0.120. The van der Waals surface area contributed by atoms with Crippen LogP contribution in [0.4, 0.5) is 5.69 Å². The number of carbonyl (C=O) groups is 2. The third-order valence-corrected chi connectivity index (χ3v) is 3.87. The molecule has 2 unspecified atom stereocenters. The molecule has 5 nitrogen and oxygen atoms in total. The lowest BCUT2D eigenvalue weighted by Crippen LogP contribution is -2.46. The zero-order valence-electron chi connectivity index (χ0n) is 13.7. The monoisotopic (exact) mass is 304 g/mol. The highest BCUT2D eigenvalue weighted by Gasteiger charge is 2.25. The van der Waals surface area contributed by atoms with Crippen molar-refractivity contribution in [1.82, 2.24) is 5.32 Å². The van der Waals surface area contributed by atoms with Crippen molar-refractivity contribution in [2.45, 2.75) is 46.3 Å². The molecule has 0 radical (unpaired) electrons. The zero-order chi connectivity index (χ0) is 16.3. The standard InChI is InChI=1S/C17H24N2O3/c1-5-11(2)18-17(21)10-19-9-12(3)22-16-7-6-14(13(4)20)8-15(16)19/h6-8,11-12H,5,9-10H2,1-4H3,(H,18,21). The van der Waals surface area contributed by atoms with Crippen LogP contribution in [-0.2, 0) is 4.79 Å². The van der Waals surface area contributed by atoms with E-state index in [9.17, 15) is 9.59 Å². The van der Waals surface area contributed by atoms with Crippen molar-refractivity contribution in [3.8, 4) is 5.75 Å². The van der Waals surface area contributed by atoms with E-state index in [2.05, 4.69) is 5.32 Å². The van der Waals surface area contributed by atoms with Crippen LogP contribution in [0.15, 0.2) is 18.2 Å². The van der Waals surface area contributed by atoms with Gasteiger partial charge in [0, 0.05) is 11.6 Å². The number of carbonyl (C=O) groups excluding carboxylic acids is 2. The molecule has 0 bridgehead atoms. The number of hydrogen-bond donors (Lipinski definition) is 1. The van der Waals surface area contributed by atoms with Gasteiger partial charge in [-0.05, 0) is 45.4 Å². The van der Waals surface area contributed by atoms with Crippen molar-refractivity contribution in [2.75, 3.05) is 18.0 Å². The fraction of sp³-hybridized carbons (Fsp3) is 0.529. The van der Waals surface area contributed by atoms with Gasteiger partial charge in [-0.1, -0.05) is 6.92 Å². The minimum atomic E-state index is -0.0115. The van der Waals surface area contributed by atoms with Crippen LogP contribution in [0.2, 0.25) is 0 Å². The molecule has 0 aliphatic carbocycles. The maximum absolute atomic E-state index is 12.2. The highest BCUT2D eigenvalue weighted by Crippen LogP contribution is 2.34. The molecule has 1 aromatic rings. The molecule has 0 spiro atoms. The highest BCUT2D eigenvalue weighted by atomic mass is 16.5. The van der Waals surface area contributed by atoms with Crippen molar-refractivity contribution in [3.63, 3.8) is 0 Å². The van der Waals surface area contributed by atoms with Crippen LogP contribution in [0.5, 0.6) is 5.75 Å². The predicted octanol–water partition coefficient (Wildman–Crippen LogP) is 2.39. The number of ketones is 1. The molecule has 1 N–H and O–H groups in total. The first kappa shape index (κ1) is 16.3. The normalized spacial score (nSPS) is 18.2. The Hall–Kier alpha value is -2.04. The van der Waals surface area contributed by atoms with Gasteiger partial charge in [-0.2, -0.15) is 0 Å². The summed E-state index contributed by atoms with van der Waals surface area (Å²) in [6, 6.07) is 5.53. The van der Waals surface area contributed by atoms with Crippen LogP contribution in [0.25, 0.3) is 0 Å². The first-order chi connectivity index (χ1) is 10.4. The highest BCUT2D eigenvalue weighted by molar-refractivity contribution is 5.96. The SMILES string of the molecule is CCC(C)NC(=O)CN1CC(C)Oc2ccc(C(C)=O)cc21. The van der Waals surface area contributed by atoms with Gasteiger partial charge in [-0.3, -0.25) is 9.59 Å². The molecule has 22 heavy (non-hydrogen) atoms. The number of amides is 1. The van der Waals surface area contributed by atoms with Gasteiger partial charge in [0.2, 0.25) is 5.91 Å². The largest absolute Gasteiger partial charge is 0.487 e. The summed E-state index contributed by atoms with van der Waals surface area (Å²) in [5.74, 6) is 0.716. The first-order valence-corrected chi connectivity index (χ1v) is 7.76. The molecule has 1 heterocycles. The molecule has 120 valence electrons. The van der Waals surface area contributed by atoms with Gasteiger partial charge < -0.3 is 15.0 Å². The summed E-state index contributed by atoms with van der Waals surface area (Å²) >= 11 is 0. The second kappa shape index (κ2) is 6.81. The fourth-order valence-electron chi connectivity index (χ4n) is 2.49. The Labute approximate surface area is 131 Å². The Kier molecular flexibility index (Phi) is 5.06. The van der Waals surface area contributed by atoms with Crippen LogP contribution >= 0.6 is 0 Å². The number of fused-ring (bicyclic) bond motifs is 1. The van der Waals surface area contributed by atoms with E-state index in [0.717, 1.165) is 17.9 Å². The minimum Gasteiger partial charge on any atom is -0.487 e. The van der Waals surface area contributed by atoms with Crippen LogP contribution in [0.1, 0.15) is 44.5 Å². The fourth-order valence-corrected chi connectivity index (χ4v) is 2.49. The summed E-state index contributed by atoms with van der Waals surface area (Å²) in [6.45, 7) is 8.43. The molecular weight excluding hydrogens is 280 g/mol. The van der Waals surface area contributed by atoms with Crippen LogP contribution in [0, 0.1) is 0 Å². The van der Waals surface area contributed by atoms with Crippen LogP contribution in [0.3, 0.4) is 0 Å². The lowest BCUT2D eigenvalue weighted by atomic mass is 10.1. The Morgan fingerprint density at radius 1 is 1.45 bits per heavy atom.